The number of oxazole rings is 1. The summed E-state index contributed by atoms with van der Waals surface area (Å²) in [5, 5.41) is 0. The number of ether oxygens (including phenoxy) is 1. The molecule has 26 heavy (non-hydrogen) atoms. The van der Waals surface area contributed by atoms with E-state index in [0.29, 0.717) is 24.3 Å². The molecule has 3 aromatic rings. The Morgan fingerprint density at radius 2 is 1.88 bits per heavy atom. The first-order valence-corrected chi connectivity index (χ1v) is 8.62. The van der Waals surface area contributed by atoms with Crippen molar-refractivity contribution < 1.29 is 13.9 Å². The van der Waals surface area contributed by atoms with E-state index in [0.717, 1.165) is 6.42 Å². The summed E-state index contributed by atoms with van der Waals surface area (Å²) in [6, 6.07) is 15.3. The summed E-state index contributed by atoms with van der Waals surface area (Å²) >= 11 is 0. The van der Waals surface area contributed by atoms with Gasteiger partial charge in [0.2, 0.25) is 5.91 Å². The van der Waals surface area contributed by atoms with Gasteiger partial charge < -0.3 is 14.1 Å². The molecule has 1 aromatic heterocycles. The van der Waals surface area contributed by atoms with Gasteiger partial charge in [-0.25, -0.2) is 4.79 Å². The predicted octanol–water partition coefficient (Wildman–Crippen LogP) is 2.19. The molecule has 1 aliphatic heterocycles. The van der Waals surface area contributed by atoms with Crippen LogP contribution in [-0.2, 0) is 29.1 Å². The van der Waals surface area contributed by atoms with Crippen molar-refractivity contribution in [3.8, 4) is 0 Å². The van der Waals surface area contributed by atoms with E-state index in [1.165, 1.54) is 15.7 Å². The van der Waals surface area contributed by atoms with Crippen molar-refractivity contribution >= 4 is 17.0 Å². The van der Waals surface area contributed by atoms with E-state index in [1.807, 2.05) is 18.2 Å². The smallest absolute Gasteiger partial charge is 0.408 e. The highest BCUT2D eigenvalue weighted by Gasteiger charge is 2.23. The summed E-state index contributed by atoms with van der Waals surface area (Å²) < 4.78 is 12.4. The lowest BCUT2D eigenvalue weighted by molar-refractivity contribution is -0.132. The maximum Gasteiger partial charge on any atom is 0.420 e. The molecule has 134 valence electrons. The quantitative estimate of drug-likeness (QED) is 0.722. The lowest BCUT2D eigenvalue weighted by Crippen LogP contribution is -2.40. The molecular formula is C20H20N2O4. The summed E-state index contributed by atoms with van der Waals surface area (Å²) in [6.45, 7) is 1.00. The Balaban J connectivity index is 1.44. The standard InChI is InChI=1S/C20H20N2O4/c1-21(11-16-10-14-6-2-3-7-15(14)13-25-16)19(23)12-22-17-8-4-5-9-18(17)26-20(22)24/h2-9,16H,10-13H2,1H3. The Bertz CT molecular complexity index is 1000. The SMILES string of the molecule is CN(CC1Cc2ccccc2CO1)C(=O)Cn1c(=O)oc2ccccc21. The number of aromatic nitrogens is 1. The molecule has 2 heterocycles. The molecule has 1 unspecified atom stereocenters. The van der Waals surface area contributed by atoms with Crippen molar-refractivity contribution in [2.75, 3.05) is 13.6 Å². The average Bonchev–Trinajstić information content (AvgIpc) is 2.97. The number of hydrogen-bond acceptors (Lipinski definition) is 4. The van der Waals surface area contributed by atoms with Crippen molar-refractivity contribution in [3.63, 3.8) is 0 Å². The minimum Gasteiger partial charge on any atom is -0.408 e. The summed E-state index contributed by atoms with van der Waals surface area (Å²) in [5.74, 6) is -0.670. The van der Waals surface area contributed by atoms with Gasteiger partial charge in [-0.05, 0) is 23.3 Å². The number of carbonyl (C=O) groups is 1. The average molecular weight is 352 g/mol. The Morgan fingerprint density at radius 1 is 1.15 bits per heavy atom. The Kier molecular flexibility index (Phi) is 4.34. The van der Waals surface area contributed by atoms with Gasteiger partial charge in [0, 0.05) is 20.0 Å². The van der Waals surface area contributed by atoms with Gasteiger partial charge in [-0.1, -0.05) is 36.4 Å². The van der Waals surface area contributed by atoms with Crippen LogP contribution in [0.1, 0.15) is 11.1 Å². The third kappa shape index (κ3) is 3.15. The van der Waals surface area contributed by atoms with E-state index in [-0.39, 0.29) is 18.6 Å². The molecular weight excluding hydrogens is 332 g/mol. The van der Waals surface area contributed by atoms with E-state index in [1.54, 1.807) is 30.1 Å². The Morgan fingerprint density at radius 3 is 2.73 bits per heavy atom. The first kappa shape index (κ1) is 16.6. The number of likely N-dealkylation sites (N-methyl/N-ethyl adjacent to an activating group) is 1. The van der Waals surface area contributed by atoms with Crippen LogP contribution in [0.2, 0.25) is 0 Å². The molecule has 6 nitrogen and oxygen atoms in total. The molecule has 1 atom stereocenters. The van der Waals surface area contributed by atoms with Crippen LogP contribution >= 0.6 is 0 Å². The number of carbonyl (C=O) groups excluding carboxylic acids is 1. The lowest BCUT2D eigenvalue weighted by atomic mass is 9.99. The highest BCUT2D eigenvalue weighted by Crippen LogP contribution is 2.21. The van der Waals surface area contributed by atoms with Gasteiger partial charge in [-0.15, -0.1) is 0 Å². The highest BCUT2D eigenvalue weighted by atomic mass is 16.5. The fraction of sp³-hybridized carbons (Fsp3) is 0.300. The molecule has 1 amide bonds. The first-order chi connectivity index (χ1) is 12.6. The Hall–Kier alpha value is -2.86. The fourth-order valence-corrected chi connectivity index (χ4v) is 3.35. The van der Waals surface area contributed by atoms with E-state index < -0.39 is 5.76 Å². The molecule has 0 fully saturated rings. The summed E-state index contributed by atoms with van der Waals surface area (Å²) in [4.78, 5) is 26.2. The van der Waals surface area contributed by atoms with Crippen molar-refractivity contribution in [1.29, 1.82) is 0 Å². The second kappa shape index (κ2) is 6.80. The number of hydrogen-bond donors (Lipinski definition) is 0. The maximum absolute atomic E-state index is 12.6. The minimum absolute atomic E-state index is 0.0448. The maximum atomic E-state index is 12.6. The number of benzene rings is 2. The van der Waals surface area contributed by atoms with Crippen molar-refractivity contribution in [2.45, 2.75) is 25.7 Å². The molecule has 6 heteroatoms. The number of amides is 1. The topological polar surface area (TPSA) is 64.7 Å². The molecule has 2 aromatic carbocycles. The monoisotopic (exact) mass is 352 g/mol. The van der Waals surface area contributed by atoms with Gasteiger partial charge in [-0.3, -0.25) is 9.36 Å². The molecule has 4 rings (SSSR count). The lowest BCUT2D eigenvalue weighted by Gasteiger charge is -2.29. The van der Waals surface area contributed by atoms with Crippen LogP contribution in [0.25, 0.3) is 11.1 Å². The number of nitrogens with zero attached hydrogens (tertiary/aromatic N) is 2. The zero-order chi connectivity index (χ0) is 18.1. The molecule has 0 aliphatic carbocycles. The van der Waals surface area contributed by atoms with Gasteiger partial charge in [0.05, 0.1) is 18.2 Å². The predicted molar refractivity (Wildman–Crippen MR) is 96.8 cm³/mol. The highest BCUT2D eigenvalue weighted by molar-refractivity contribution is 5.79. The summed E-state index contributed by atoms with van der Waals surface area (Å²) in [5.41, 5.74) is 3.58. The van der Waals surface area contributed by atoms with Crippen LogP contribution in [-0.4, -0.2) is 35.1 Å². The minimum atomic E-state index is -0.518. The second-order valence-corrected chi connectivity index (χ2v) is 6.60. The summed E-state index contributed by atoms with van der Waals surface area (Å²) in [7, 11) is 1.74. The third-order valence-corrected chi connectivity index (χ3v) is 4.81. The van der Waals surface area contributed by atoms with Gasteiger partial charge >= 0.3 is 5.76 Å². The van der Waals surface area contributed by atoms with Gasteiger partial charge in [0.15, 0.2) is 5.58 Å². The van der Waals surface area contributed by atoms with Gasteiger partial charge in [0.1, 0.15) is 6.54 Å². The van der Waals surface area contributed by atoms with Crippen molar-refractivity contribution in [3.05, 3.63) is 70.2 Å². The second-order valence-electron chi connectivity index (χ2n) is 6.60. The van der Waals surface area contributed by atoms with Crippen LogP contribution in [0, 0.1) is 0 Å². The van der Waals surface area contributed by atoms with E-state index in [9.17, 15) is 9.59 Å². The van der Waals surface area contributed by atoms with Crippen LogP contribution in [0.5, 0.6) is 0 Å². The van der Waals surface area contributed by atoms with Gasteiger partial charge in [0.25, 0.3) is 0 Å². The molecule has 0 saturated carbocycles. The molecule has 0 saturated heterocycles. The molecule has 0 radical (unpaired) electrons. The van der Waals surface area contributed by atoms with E-state index in [4.69, 9.17) is 9.15 Å². The van der Waals surface area contributed by atoms with Crippen LogP contribution in [0.3, 0.4) is 0 Å². The molecule has 0 N–H and O–H groups in total. The van der Waals surface area contributed by atoms with Gasteiger partial charge in [-0.2, -0.15) is 0 Å². The van der Waals surface area contributed by atoms with Crippen LogP contribution < -0.4 is 5.76 Å². The largest absolute Gasteiger partial charge is 0.420 e. The number of para-hydroxylation sites is 2. The molecule has 0 spiro atoms. The fourth-order valence-electron chi connectivity index (χ4n) is 3.35. The van der Waals surface area contributed by atoms with Crippen LogP contribution in [0.4, 0.5) is 0 Å². The Labute approximate surface area is 150 Å². The van der Waals surface area contributed by atoms with E-state index in [2.05, 4.69) is 12.1 Å². The molecule has 1 aliphatic rings. The van der Waals surface area contributed by atoms with Crippen molar-refractivity contribution in [1.82, 2.24) is 9.47 Å². The molecule has 0 bridgehead atoms. The number of fused-ring (bicyclic) bond motifs is 2. The van der Waals surface area contributed by atoms with E-state index >= 15 is 0 Å². The third-order valence-electron chi connectivity index (χ3n) is 4.81. The number of rotatable bonds is 4. The zero-order valence-corrected chi connectivity index (χ0v) is 14.6. The zero-order valence-electron chi connectivity index (χ0n) is 14.6. The van der Waals surface area contributed by atoms with Crippen molar-refractivity contribution in [2.24, 2.45) is 0 Å². The summed E-state index contributed by atoms with van der Waals surface area (Å²) in [6.07, 6.45) is 0.735. The first-order valence-electron chi connectivity index (χ1n) is 8.62. The normalized spacial score (nSPS) is 16.4. The van der Waals surface area contributed by atoms with Crippen LogP contribution in [0.15, 0.2) is 57.7 Å².